The highest BCUT2D eigenvalue weighted by molar-refractivity contribution is 7.89. The Morgan fingerprint density at radius 3 is 2.48 bits per heavy atom. The molecule has 2 heterocycles. The van der Waals surface area contributed by atoms with Crippen LogP contribution in [-0.4, -0.2) is 44.3 Å². The Hall–Kier alpha value is -1.96. The number of hydrogen-bond donors (Lipinski definition) is 0. The van der Waals surface area contributed by atoms with Crippen LogP contribution in [0.25, 0.3) is 0 Å². The third-order valence-electron chi connectivity index (χ3n) is 5.61. The SMILES string of the molecule is O=S(=O)(CCc1ccc2c(c1)CCO2)N(Cc1ccc(F)cc1)C1CCOCC1. The number of aryl methyl sites for hydroxylation is 1. The summed E-state index contributed by atoms with van der Waals surface area (Å²) in [6.07, 6.45) is 2.68. The molecule has 2 aliphatic rings. The lowest BCUT2D eigenvalue weighted by Gasteiger charge is -2.33. The van der Waals surface area contributed by atoms with Crippen molar-refractivity contribution in [3.8, 4) is 5.75 Å². The van der Waals surface area contributed by atoms with Gasteiger partial charge in [-0.2, -0.15) is 4.31 Å². The molecule has 0 unspecified atom stereocenters. The molecule has 2 aliphatic heterocycles. The molecule has 5 nitrogen and oxygen atoms in total. The zero-order chi connectivity index (χ0) is 20.3. The second-order valence-electron chi connectivity index (χ2n) is 7.62. The molecule has 4 rings (SSSR count). The number of benzene rings is 2. The molecule has 0 amide bonds. The van der Waals surface area contributed by atoms with Gasteiger partial charge in [-0.1, -0.05) is 24.3 Å². The Kier molecular flexibility index (Phi) is 6.18. The van der Waals surface area contributed by atoms with Crippen molar-refractivity contribution >= 4 is 10.0 Å². The van der Waals surface area contributed by atoms with E-state index in [1.807, 2.05) is 12.1 Å². The summed E-state index contributed by atoms with van der Waals surface area (Å²) in [4.78, 5) is 0. The second kappa shape index (κ2) is 8.81. The van der Waals surface area contributed by atoms with Crippen LogP contribution in [0.2, 0.25) is 0 Å². The van der Waals surface area contributed by atoms with Gasteiger partial charge in [-0.15, -0.1) is 0 Å². The van der Waals surface area contributed by atoms with Crippen molar-refractivity contribution in [1.82, 2.24) is 4.31 Å². The molecule has 2 aromatic carbocycles. The second-order valence-corrected chi connectivity index (χ2v) is 9.66. The van der Waals surface area contributed by atoms with Gasteiger partial charge in [-0.3, -0.25) is 0 Å². The summed E-state index contributed by atoms with van der Waals surface area (Å²) >= 11 is 0. The molecular weight excluding hydrogens is 393 g/mol. The Morgan fingerprint density at radius 2 is 1.72 bits per heavy atom. The van der Waals surface area contributed by atoms with Crippen LogP contribution in [0, 0.1) is 5.82 Å². The topological polar surface area (TPSA) is 55.8 Å². The third-order valence-corrected chi connectivity index (χ3v) is 7.47. The van der Waals surface area contributed by atoms with Crippen LogP contribution in [0.4, 0.5) is 4.39 Å². The largest absolute Gasteiger partial charge is 0.493 e. The number of rotatable bonds is 7. The van der Waals surface area contributed by atoms with Crippen molar-refractivity contribution in [3.63, 3.8) is 0 Å². The van der Waals surface area contributed by atoms with Gasteiger partial charge < -0.3 is 9.47 Å². The fraction of sp³-hybridized carbons (Fsp3) is 0.455. The van der Waals surface area contributed by atoms with Crippen molar-refractivity contribution < 1.29 is 22.3 Å². The minimum atomic E-state index is -3.49. The van der Waals surface area contributed by atoms with Gasteiger partial charge in [0.05, 0.1) is 12.4 Å². The molecule has 0 aliphatic carbocycles. The zero-order valence-corrected chi connectivity index (χ0v) is 17.2. The van der Waals surface area contributed by atoms with E-state index in [2.05, 4.69) is 6.07 Å². The number of halogens is 1. The summed E-state index contributed by atoms with van der Waals surface area (Å²) < 4.78 is 52.4. The van der Waals surface area contributed by atoms with Gasteiger partial charge in [-0.05, 0) is 54.2 Å². The molecule has 0 radical (unpaired) electrons. The van der Waals surface area contributed by atoms with Gasteiger partial charge in [0.2, 0.25) is 10.0 Å². The Bertz CT molecular complexity index is 940. The quantitative estimate of drug-likeness (QED) is 0.691. The normalized spacial score (nSPS) is 17.3. The predicted octanol–water partition coefficient (Wildman–Crippen LogP) is 3.31. The Balaban J connectivity index is 1.50. The van der Waals surface area contributed by atoms with Crippen molar-refractivity contribution in [2.45, 2.75) is 38.3 Å². The van der Waals surface area contributed by atoms with E-state index in [1.54, 1.807) is 16.4 Å². The molecule has 1 fully saturated rings. The van der Waals surface area contributed by atoms with E-state index in [4.69, 9.17) is 9.47 Å². The predicted molar refractivity (Wildman–Crippen MR) is 109 cm³/mol. The fourth-order valence-electron chi connectivity index (χ4n) is 3.96. The molecule has 0 bridgehead atoms. The lowest BCUT2D eigenvalue weighted by molar-refractivity contribution is 0.0570. The summed E-state index contributed by atoms with van der Waals surface area (Å²) in [6.45, 7) is 2.06. The lowest BCUT2D eigenvalue weighted by atomic mass is 10.1. The molecule has 2 aromatic rings. The van der Waals surface area contributed by atoms with E-state index in [0.29, 0.717) is 39.1 Å². The first-order valence-electron chi connectivity index (χ1n) is 10.1. The molecule has 0 N–H and O–H groups in total. The summed E-state index contributed by atoms with van der Waals surface area (Å²) in [6, 6.07) is 11.9. The molecule has 0 spiro atoms. The highest BCUT2D eigenvalue weighted by Gasteiger charge is 2.31. The maximum Gasteiger partial charge on any atom is 0.214 e. The number of nitrogens with zero attached hydrogens (tertiary/aromatic N) is 1. The van der Waals surface area contributed by atoms with E-state index in [9.17, 15) is 12.8 Å². The molecule has 156 valence electrons. The van der Waals surface area contributed by atoms with Gasteiger partial charge in [0.15, 0.2) is 0 Å². The average Bonchev–Trinajstić information content (AvgIpc) is 3.20. The van der Waals surface area contributed by atoms with Crippen LogP contribution in [-0.2, 0) is 34.1 Å². The van der Waals surface area contributed by atoms with Gasteiger partial charge in [-0.25, -0.2) is 12.8 Å². The van der Waals surface area contributed by atoms with Crippen LogP contribution < -0.4 is 4.74 Å². The van der Waals surface area contributed by atoms with Gasteiger partial charge >= 0.3 is 0 Å². The summed E-state index contributed by atoms with van der Waals surface area (Å²) in [5.74, 6) is 0.622. The smallest absolute Gasteiger partial charge is 0.214 e. The minimum absolute atomic E-state index is 0.0468. The molecule has 7 heteroatoms. The minimum Gasteiger partial charge on any atom is -0.493 e. The molecule has 0 atom stereocenters. The van der Waals surface area contributed by atoms with Gasteiger partial charge in [0.25, 0.3) is 0 Å². The van der Waals surface area contributed by atoms with E-state index >= 15 is 0 Å². The highest BCUT2D eigenvalue weighted by Crippen LogP contribution is 2.27. The maximum atomic E-state index is 13.3. The van der Waals surface area contributed by atoms with Crippen molar-refractivity contribution in [3.05, 3.63) is 65.0 Å². The summed E-state index contributed by atoms with van der Waals surface area (Å²) in [7, 11) is -3.49. The first-order chi connectivity index (χ1) is 14.0. The summed E-state index contributed by atoms with van der Waals surface area (Å²) in [5, 5.41) is 0. The number of ether oxygens (including phenoxy) is 2. The van der Waals surface area contributed by atoms with E-state index < -0.39 is 10.0 Å². The standard InChI is InChI=1S/C22H26FNO4S/c23-20-4-1-18(2-5-20)16-24(21-8-11-27-12-9-21)29(25,26)14-10-17-3-6-22-19(15-17)7-13-28-22/h1-6,15,21H,7-14,16H2. The van der Waals surface area contributed by atoms with Crippen molar-refractivity contribution in [2.75, 3.05) is 25.6 Å². The van der Waals surface area contributed by atoms with Crippen LogP contribution in [0.1, 0.15) is 29.5 Å². The van der Waals surface area contributed by atoms with E-state index in [-0.39, 0.29) is 24.2 Å². The average molecular weight is 420 g/mol. The third kappa shape index (κ3) is 4.97. The van der Waals surface area contributed by atoms with Crippen LogP contribution in [0.15, 0.2) is 42.5 Å². The zero-order valence-electron chi connectivity index (χ0n) is 16.3. The maximum absolute atomic E-state index is 13.3. The molecule has 1 saturated heterocycles. The van der Waals surface area contributed by atoms with Crippen LogP contribution in [0.3, 0.4) is 0 Å². The Morgan fingerprint density at radius 1 is 1.00 bits per heavy atom. The monoisotopic (exact) mass is 419 g/mol. The fourth-order valence-corrected chi connectivity index (χ4v) is 5.70. The summed E-state index contributed by atoms with van der Waals surface area (Å²) in [5.41, 5.74) is 2.94. The number of fused-ring (bicyclic) bond motifs is 1. The molecule has 0 aromatic heterocycles. The van der Waals surface area contributed by atoms with Crippen molar-refractivity contribution in [2.24, 2.45) is 0 Å². The molecule has 0 saturated carbocycles. The van der Waals surface area contributed by atoms with Crippen molar-refractivity contribution in [1.29, 1.82) is 0 Å². The van der Waals surface area contributed by atoms with E-state index in [0.717, 1.165) is 28.9 Å². The Labute approximate surface area is 171 Å². The van der Waals surface area contributed by atoms with Crippen LogP contribution >= 0.6 is 0 Å². The molecule has 29 heavy (non-hydrogen) atoms. The number of hydrogen-bond acceptors (Lipinski definition) is 4. The molecular formula is C22H26FNO4S. The first kappa shape index (κ1) is 20.3. The van der Waals surface area contributed by atoms with Crippen LogP contribution in [0.5, 0.6) is 5.75 Å². The van der Waals surface area contributed by atoms with Gasteiger partial charge in [0.1, 0.15) is 11.6 Å². The number of sulfonamides is 1. The highest BCUT2D eigenvalue weighted by atomic mass is 32.2. The van der Waals surface area contributed by atoms with E-state index in [1.165, 1.54) is 12.1 Å². The van der Waals surface area contributed by atoms with Gasteiger partial charge in [0, 0.05) is 32.2 Å². The lowest BCUT2D eigenvalue weighted by Crippen LogP contribution is -2.44. The first-order valence-corrected chi connectivity index (χ1v) is 11.7.